The van der Waals surface area contributed by atoms with E-state index in [-0.39, 0.29) is 5.78 Å². The number of carbonyl (C=O) groups excluding carboxylic acids is 1. The first-order valence-corrected chi connectivity index (χ1v) is 8.11. The molecule has 0 aliphatic rings. The fourth-order valence-electron chi connectivity index (χ4n) is 2.46. The number of aromatic nitrogens is 2. The van der Waals surface area contributed by atoms with E-state index >= 15 is 0 Å². The Morgan fingerprint density at radius 2 is 1.92 bits per heavy atom. The second-order valence-electron chi connectivity index (χ2n) is 5.81. The molecule has 0 saturated heterocycles. The van der Waals surface area contributed by atoms with Crippen molar-refractivity contribution in [1.29, 1.82) is 0 Å². The lowest BCUT2D eigenvalue weighted by atomic mass is 10.1. The van der Waals surface area contributed by atoms with E-state index in [1.54, 1.807) is 25.3 Å². The number of ketones is 1. The molecule has 0 amide bonds. The molecule has 1 heterocycles. The fourth-order valence-corrected chi connectivity index (χ4v) is 2.46. The Labute approximate surface area is 147 Å². The summed E-state index contributed by atoms with van der Waals surface area (Å²) >= 11 is 0. The van der Waals surface area contributed by atoms with Crippen LogP contribution in [0.2, 0.25) is 0 Å². The van der Waals surface area contributed by atoms with Gasteiger partial charge in [0.15, 0.2) is 5.78 Å². The van der Waals surface area contributed by atoms with E-state index < -0.39 is 0 Å². The summed E-state index contributed by atoms with van der Waals surface area (Å²) in [6.07, 6.45) is 1.70. The fraction of sp³-hybridized carbons (Fsp3) is 0.150. The van der Waals surface area contributed by atoms with E-state index in [1.165, 1.54) is 11.1 Å². The van der Waals surface area contributed by atoms with Crippen LogP contribution in [0.4, 0.5) is 17.5 Å². The minimum absolute atomic E-state index is 0.0261. The molecule has 2 aromatic carbocycles. The van der Waals surface area contributed by atoms with Gasteiger partial charge in [-0.25, -0.2) is 4.98 Å². The largest absolute Gasteiger partial charge is 0.366 e. The van der Waals surface area contributed by atoms with E-state index in [4.69, 9.17) is 0 Å². The number of hydrogen-bond donors (Lipinski definition) is 2. The maximum Gasteiger partial charge on any atom is 0.229 e. The molecule has 3 rings (SSSR count). The van der Waals surface area contributed by atoms with Gasteiger partial charge in [-0.1, -0.05) is 36.4 Å². The third-order valence-corrected chi connectivity index (χ3v) is 3.90. The van der Waals surface area contributed by atoms with Crippen molar-refractivity contribution in [3.63, 3.8) is 0 Å². The molecular formula is C20H20N4O. The van der Waals surface area contributed by atoms with Crippen LogP contribution in [0.3, 0.4) is 0 Å². The molecule has 0 saturated carbocycles. The number of Topliss-reactive ketones (excluding diaryl/α,β-unsaturated/α-hetero) is 1. The Hall–Kier alpha value is -3.21. The van der Waals surface area contributed by atoms with Gasteiger partial charge in [-0.3, -0.25) is 4.79 Å². The van der Waals surface area contributed by atoms with E-state index in [1.807, 2.05) is 30.3 Å². The van der Waals surface area contributed by atoms with E-state index in [2.05, 4.69) is 39.7 Å². The Balaban J connectivity index is 1.70. The highest BCUT2D eigenvalue weighted by atomic mass is 16.1. The van der Waals surface area contributed by atoms with Crippen LogP contribution in [0, 0.1) is 6.92 Å². The Morgan fingerprint density at radius 3 is 2.72 bits per heavy atom. The van der Waals surface area contributed by atoms with Crippen molar-refractivity contribution >= 4 is 23.2 Å². The minimum atomic E-state index is 0.0261. The summed E-state index contributed by atoms with van der Waals surface area (Å²) in [6, 6.07) is 17.4. The van der Waals surface area contributed by atoms with Gasteiger partial charge in [-0.15, -0.1) is 0 Å². The maximum absolute atomic E-state index is 11.5. The van der Waals surface area contributed by atoms with Crippen molar-refractivity contribution in [3.8, 4) is 0 Å². The SMILES string of the molecule is CC(=O)c1cccc(Nc2nccc(NCc3ccccc3C)n2)c1. The highest BCUT2D eigenvalue weighted by Gasteiger charge is 2.04. The number of aryl methyl sites for hydroxylation is 1. The van der Waals surface area contributed by atoms with Crippen LogP contribution >= 0.6 is 0 Å². The lowest BCUT2D eigenvalue weighted by molar-refractivity contribution is 0.101. The topological polar surface area (TPSA) is 66.9 Å². The molecule has 0 atom stereocenters. The van der Waals surface area contributed by atoms with Gasteiger partial charge in [-0.05, 0) is 43.2 Å². The lowest BCUT2D eigenvalue weighted by Gasteiger charge is -2.10. The smallest absolute Gasteiger partial charge is 0.229 e. The summed E-state index contributed by atoms with van der Waals surface area (Å²) in [5.74, 6) is 1.25. The molecule has 5 heteroatoms. The van der Waals surface area contributed by atoms with E-state index in [0.29, 0.717) is 18.1 Å². The van der Waals surface area contributed by atoms with Crippen LogP contribution in [0.5, 0.6) is 0 Å². The number of carbonyl (C=O) groups is 1. The average molecular weight is 332 g/mol. The number of nitrogens with one attached hydrogen (secondary N) is 2. The molecule has 2 N–H and O–H groups in total. The van der Waals surface area contributed by atoms with Crippen LogP contribution < -0.4 is 10.6 Å². The maximum atomic E-state index is 11.5. The number of hydrogen-bond acceptors (Lipinski definition) is 5. The van der Waals surface area contributed by atoms with Gasteiger partial charge in [-0.2, -0.15) is 4.98 Å². The van der Waals surface area contributed by atoms with Gasteiger partial charge in [0.25, 0.3) is 0 Å². The second-order valence-corrected chi connectivity index (χ2v) is 5.81. The lowest BCUT2D eigenvalue weighted by Crippen LogP contribution is -2.05. The molecule has 0 radical (unpaired) electrons. The predicted molar refractivity (Wildman–Crippen MR) is 100 cm³/mol. The van der Waals surface area contributed by atoms with E-state index in [0.717, 1.165) is 11.5 Å². The van der Waals surface area contributed by atoms with Crippen LogP contribution in [0.15, 0.2) is 60.8 Å². The normalized spacial score (nSPS) is 10.3. The molecule has 0 fully saturated rings. The first-order chi connectivity index (χ1) is 12.1. The van der Waals surface area contributed by atoms with Crippen molar-refractivity contribution in [2.45, 2.75) is 20.4 Å². The van der Waals surface area contributed by atoms with Crippen molar-refractivity contribution in [3.05, 3.63) is 77.5 Å². The molecule has 5 nitrogen and oxygen atoms in total. The van der Waals surface area contributed by atoms with Gasteiger partial charge in [0.2, 0.25) is 5.95 Å². The van der Waals surface area contributed by atoms with Gasteiger partial charge < -0.3 is 10.6 Å². The number of nitrogens with zero attached hydrogens (tertiary/aromatic N) is 2. The molecule has 0 aliphatic carbocycles. The molecule has 0 unspecified atom stereocenters. The first-order valence-electron chi connectivity index (χ1n) is 8.11. The van der Waals surface area contributed by atoms with Crippen molar-refractivity contribution < 1.29 is 4.79 Å². The summed E-state index contributed by atoms with van der Waals surface area (Å²) in [6.45, 7) is 4.33. The quantitative estimate of drug-likeness (QED) is 0.657. The van der Waals surface area contributed by atoms with Crippen LogP contribution in [0.1, 0.15) is 28.4 Å². The molecular weight excluding hydrogens is 312 g/mol. The molecule has 1 aromatic heterocycles. The second kappa shape index (κ2) is 7.57. The van der Waals surface area contributed by atoms with Crippen LogP contribution in [-0.2, 0) is 6.54 Å². The third kappa shape index (κ3) is 4.41. The summed E-state index contributed by atoms with van der Waals surface area (Å²) in [5.41, 5.74) is 3.90. The summed E-state index contributed by atoms with van der Waals surface area (Å²) in [7, 11) is 0. The van der Waals surface area contributed by atoms with Crippen molar-refractivity contribution in [2.24, 2.45) is 0 Å². The highest BCUT2D eigenvalue weighted by Crippen LogP contribution is 2.17. The van der Waals surface area contributed by atoms with Gasteiger partial charge in [0.05, 0.1) is 0 Å². The number of anilines is 3. The third-order valence-electron chi connectivity index (χ3n) is 3.90. The van der Waals surface area contributed by atoms with Crippen LogP contribution in [-0.4, -0.2) is 15.8 Å². The van der Waals surface area contributed by atoms with E-state index in [9.17, 15) is 4.79 Å². The van der Waals surface area contributed by atoms with Crippen molar-refractivity contribution in [2.75, 3.05) is 10.6 Å². The molecule has 25 heavy (non-hydrogen) atoms. The summed E-state index contributed by atoms with van der Waals surface area (Å²) < 4.78 is 0. The monoisotopic (exact) mass is 332 g/mol. The first kappa shape index (κ1) is 16.6. The van der Waals surface area contributed by atoms with Gasteiger partial charge in [0, 0.05) is 24.0 Å². The Morgan fingerprint density at radius 1 is 1.08 bits per heavy atom. The molecule has 3 aromatic rings. The van der Waals surface area contributed by atoms with Gasteiger partial charge >= 0.3 is 0 Å². The number of rotatable bonds is 6. The Bertz CT molecular complexity index is 892. The number of benzene rings is 2. The minimum Gasteiger partial charge on any atom is -0.366 e. The molecule has 0 bridgehead atoms. The Kier molecular flexibility index (Phi) is 5.04. The standard InChI is InChI=1S/C20H20N4O/c1-14-6-3-4-7-17(14)13-22-19-10-11-21-20(24-19)23-18-9-5-8-16(12-18)15(2)25/h3-12H,13H2,1-2H3,(H2,21,22,23,24). The predicted octanol–water partition coefficient (Wildman–Crippen LogP) is 4.34. The highest BCUT2D eigenvalue weighted by molar-refractivity contribution is 5.95. The summed E-state index contributed by atoms with van der Waals surface area (Å²) in [4.78, 5) is 20.2. The average Bonchev–Trinajstić information content (AvgIpc) is 2.61. The van der Waals surface area contributed by atoms with Crippen molar-refractivity contribution in [1.82, 2.24) is 9.97 Å². The molecule has 126 valence electrons. The molecule has 0 aliphatic heterocycles. The zero-order chi connectivity index (χ0) is 17.6. The zero-order valence-electron chi connectivity index (χ0n) is 14.3. The molecule has 0 spiro atoms. The van der Waals surface area contributed by atoms with Crippen LogP contribution in [0.25, 0.3) is 0 Å². The van der Waals surface area contributed by atoms with Gasteiger partial charge in [0.1, 0.15) is 5.82 Å². The summed E-state index contributed by atoms with van der Waals surface area (Å²) in [5, 5.41) is 6.45. The zero-order valence-corrected chi connectivity index (χ0v) is 14.3.